The summed E-state index contributed by atoms with van der Waals surface area (Å²) < 4.78 is 32.4. The molecule has 0 bridgehead atoms. The number of sulfonamides is 1. The van der Waals surface area contributed by atoms with Gasteiger partial charge in [0.25, 0.3) is 0 Å². The van der Waals surface area contributed by atoms with Gasteiger partial charge in [0.15, 0.2) is 5.82 Å². The van der Waals surface area contributed by atoms with Crippen LogP contribution in [0, 0.1) is 6.92 Å². The van der Waals surface area contributed by atoms with Crippen LogP contribution in [0.1, 0.15) is 25.0 Å². The van der Waals surface area contributed by atoms with E-state index in [1.807, 2.05) is 0 Å². The van der Waals surface area contributed by atoms with E-state index in [0.29, 0.717) is 17.3 Å². The quantitative estimate of drug-likeness (QED) is 0.678. The third kappa shape index (κ3) is 6.02. The number of carbonyl (C=O) groups excluding carboxylic acids is 1. The largest absolute Gasteiger partial charge is 0.360 e. The molecule has 1 aliphatic heterocycles. The van der Waals surface area contributed by atoms with E-state index in [2.05, 4.69) is 15.4 Å². The van der Waals surface area contributed by atoms with Crippen LogP contribution in [-0.2, 0) is 14.8 Å². The van der Waals surface area contributed by atoms with E-state index >= 15 is 0 Å². The molecule has 0 saturated carbocycles. The summed E-state index contributed by atoms with van der Waals surface area (Å²) >= 11 is 5.89. The van der Waals surface area contributed by atoms with Gasteiger partial charge in [-0.3, -0.25) is 4.79 Å². The standard InChI is InChI=1S/C19H25ClN4O4S/c1-15-13-18(22-28-15)21-19(25)14-24(12-11-23-9-3-2-4-10-23)29(26,27)17-7-5-16(20)6-8-17/h5-8,13H,2-4,9-12,14H2,1H3,(H,21,22,25). The van der Waals surface area contributed by atoms with E-state index in [0.717, 1.165) is 25.9 Å². The molecule has 1 saturated heterocycles. The smallest absolute Gasteiger partial charge is 0.243 e. The highest BCUT2D eigenvalue weighted by Gasteiger charge is 2.27. The molecule has 0 atom stereocenters. The first kappa shape index (κ1) is 21.8. The SMILES string of the molecule is Cc1cc(NC(=O)CN(CCN2CCCCC2)S(=O)(=O)c2ccc(Cl)cc2)no1. The zero-order chi connectivity index (χ0) is 20.9. The summed E-state index contributed by atoms with van der Waals surface area (Å²) in [7, 11) is -3.86. The minimum Gasteiger partial charge on any atom is -0.360 e. The number of piperidine rings is 1. The van der Waals surface area contributed by atoms with Crippen LogP contribution in [0.5, 0.6) is 0 Å². The lowest BCUT2D eigenvalue weighted by atomic mass is 10.1. The van der Waals surface area contributed by atoms with Crippen molar-refractivity contribution in [2.75, 3.05) is 38.0 Å². The zero-order valence-electron chi connectivity index (χ0n) is 16.3. The molecule has 29 heavy (non-hydrogen) atoms. The van der Waals surface area contributed by atoms with Gasteiger partial charge in [-0.25, -0.2) is 8.42 Å². The van der Waals surface area contributed by atoms with Gasteiger partial charge in [-0.05, 0) is 57.1 Å². The van der Waals surface area contributed by atoms with Crippen LogP contribution in [0.3, 0.4) is 0 Å². The van der Waals surface area contributed by atoms with Crippen LogP contribution >= 0.6 is 11.6 Å². The molecule has 1 fully saturated rings. The maximum Gasteiger partial charge on any atom is 0.243 e. The van der Waals surface area contributed by atoms with Crippen molar-refractivity contribution < 1.29 is 17.7 Å². The molecule has 8 nitrogen and oxygen atoms in total. The Kier molecular flexibility index (Phi) is 7.28. The van der Waals surface area contributed by atoms with Crippen molar-refractivity contribution >= 4 is 33.3 Å². The summed E-state index contributed by atoms with van der Waals surface area (Å²) in [6, 6.07) is 7.52. The van der Waals surface area contributed by atoms with Crippen molar-refractivity contribution in [1.29, 1.82) is 0 Å². The molecule has 0 spiro atoms. The van der Waals surface area contributed by atoms with Gasteiger partial charge in [-0.1, -0.05) is 23.2 Å². The summed E-state index contributed by atoms with van der Waals surface area (Å²) in [5.74, 6) is 0.331. The number of aromatic nitrogens is 1. The topological polar surface area (TPSA) is 95.8 Å². The van der Waals surface area contributed by atoms with E-state index in [4.69, 9.17) is 16.1 Å². The van der Waals surface area contributed by atoms with Gasteiger partial charge < -0.3 is 14.7 Å². The Labute approximate surface area is 175 Å². The minimum absolute atomic E-state index is 0.102. The molecule has 1 N–H and O–H groups in total. The number of hydrogen-bond acceptors (Lipinski definition) is 6. The van der Waals surface area contributed by atoms with E-state index in [9.17, 15) is 13.2 Å². The number of amides is 1. The number of anilines is 1. The van der Waals surface area contributed by atoms with Crippen molar-refractivity contribution in [3.8, 4) is 0 Å². The second-order valence-corrected chi connectivity index (χ2v) is 9.44. The Balaban J connectivity index is 1.74. The molecule has 0 unspecified atom stereocenters. The maximum absolute atomic E-state index is 13.2. The number of hydrogen-bond donors (Lipinski definition) is 1. The normalized spacial score (nSPS) is 15.6. The highest BCUT2D eigenvalue weighted by molar-refractivity contribution is 7.89. The third-order valence-electron chi connectivity index (χ3n) is 4.78. The van der Waals surface area contributed by atoms with Crippen LogP contribution in [-0.4, -0.2) is 61.4 Å². The Morgan fingerprint density at radius 1 is 1.24 bits per heavy atom. The first-order valence-electron chi connectivity index (χ1n) is 9.56. The summed E-state index contributed by atoms with van der Waals surface area (Å²) in [5.41, 5.74) is 0. The molecule has 2 heterocycles. The molecule has 10 heteroatoms. The average Bonchev–Trinajstić information content (AvgIpc) is 3.10. The number of nitrogens with one attached hydrogen (secondary N) is 1. The lowest BCUT2D eigenvalue weighted by Crippen LogP contribution is -2.43. The van der Waals surface area contributed by atoms with Gasteiger partial charge in [0, 0.05) is 24.2 Å². The van der Waals surface area contributed by atoms with Crippen molar-refractivity contribution in [1.82, 2.24) is 14.4 Å². The van der Waals surface area contributed by atoms with Gasteiger partial charge in [0.2, 0.25) is 15.9 Å². The first-order chi connectivity index (χ1) is 13.8. The fourth-order valence-electron chi connectivity index (χ4n) is 3.24. The monoisotopic (exact) mass is 440 g/mol. The number of likely N-dealkylation sites (tertiary alicyclic amines) is 1. The molecule has 1 aliphatic rings. The molecule has 1 aromatic carbocycles. The molecule has 1 amide bonds. The predicted octanol–water partition coefficient (Wildman–Crippen LogP) is 2.75. The van der Waals surface area contributed by atoms with Gasteiger partial charge in [-0.2, -0.15) is 4.31 Å². The summed E-state index contributed by atoms with van der Waals surface area (Å²) in [5, 5.41) is 6.74. The lowest BCUT2D eigenvalue weighted by molar-refractivity contribution is -0.116. The van der Waals surface area contributed by atoms with Crippen LogP contribution in [0.15, 0.2) is 39.8 Å². The second kappa shape index (κ2) is 9.71. The molecule has 3 rings (SSSR count). The summed E-state index contributed by atoms with van der Waals surface area (Å²) in [6.45, 7) is 4.07. The first-order valence-corrected chi connectivity index (χ1v) is 11.4. The number of halogens is 1. The van der Waals surface area contributed by atoms with E-state index in [1.165, 1.54) is 35.0 Å². The average molecular weight is 441 g/mol. The van der Waals surface area contributed by atoms with Crippen LogP contribution in [0.2, 0.25) is 5.02 Å². The van der Waals surface area contributed by atoms with Crippen molar-refractivity contribution in [2.24, 2.45) is 0 Å². The van der Waals surface area contributed by atoms with Crippen molar-refractivity contribution in [2.45, 2.75) is 31.1 Å². The van der Waals surface area contributed by atoms with E-state index in [-0.39, 0.29) is 23.8 Å². The van der Waals surface area contributed by atoms with Crippen LogP contribution in [0.4, 0.5) is 5.82 Å². The highest BCUT2D eigenvalue weighted by atomic mass is 35.5. The summed E-state index contributed by atoms with van der Waals surface area (Å²) in [6.07, 6.45) is 3.41. The number of aryl methyl sites for hydroxylation is 1. The number of benzene rings is 1. The second-order valence-electron chi connectivity index (χ2n) is 7.07. The van der Waals surface area contributed by atoms with Gasteiger partial charge in [0.1, 0.15) is 5.76 Å². The van der Waals surface area contributed by atoms with Crippen molar-refractivity contribution in [3.63, 3.8) is 0 Å². The molecule has 1 aromatic heterocycles. The Bertz CT molecular complexity index is 924. The number of carbonyl (C=O) groups is 1. The highest BCUT2D eigenvalue weighted by Crippen LogP contribution is 2.19. The molecule has 0 aliphatic carbocycles. The molecular formula is C19H25ClN4O4S. The Hall–Kier alpha value is -1.94. The third-order valence-corrected chi connectivity index (χ3v) is 6.89. The molecule has 158 valence electrons. The van der Waals surface area contributed by atoms with Crippen molar-refractivity contribution in [3.05, 3.63) is 41.1 Å². The number of nitrogens with zero attached hydrogens (tertiary/aromatic N) is 3. The van der Waals surface area contributed by atoms with Gasteiger partial charge in [-0.15, -0.1) is 0 Å². The van der Waals surface area contributed by atoms with Crippen LogP contribution < -0.4 is 5.32 Å². The fraction of sp³-hybridized carbons (Fsp3) is 0.474. The van der Waals surface area contributed by atoms with E-state index in [1.54, 1.807) is 13.0 Å². The van der Waals surface area contributed by atoms with Crippen LogP contribution in [0.25, 0.3) is 0 Å². The van der Waals surface area contributed by atoms with E-state index < -0.39 is 15.9 Å². The Morgan fingerprint density at radius 2 is 1.93 bits per heavy atom. The summed E-state index contributed by atoms with van der Waals surface area (Å²) in [4.78, 5) is 14.8. The van der Waals surface area contributed by atoms with Gasteiger partial charge >= 0.3 is 0 Å². The zero-order valence-corrected chi connectivity index (χ0v) is 17.9. The lowest BCUT2D eigenvalue weighted by Gasteiger charge is -2.29. The molecule has 2 aromatic rings. The minimum atomic E-state index is -3.86. The predicted molar refractivity (Wildman–Crippen MR) is 110 cm³/mol. The Morgan fingerprint density at radius 3 is 2.55 bits per heavy atom. The van der Waals surface area contributed by atoms with Gasteiger partial charge in [0.05, 0.1) is 11.4 Å². The fourth-order valence-corrected chi connectivity index (χ4v) is 4.76. The molecular weight excluding hydrogens is 416 g/mol. The molecule has 0 radical (unpaired) electrons. The maximum atomic E-state index is 13.2. The number of rotatable bonds is 8.